The van der Waals surface area contributed by atoms with Crippen molar-refractivity contribution in [1.82, 2.24) is 9.80 Å². The largest absolute Gasteiger partial charge is 0.466 e. The smallest absolute Gasteiger partial charge is 0.355 e. The summed E-state index contributed by atoms with van der Waals surface area (Å²) in [7, 11) is 4.80. The van der Waals surface area contributed by atoms with Gasteiger partial charge in [0.05, 0.1) is 51.7 Å². The van der Waals surface area contributed by atoms with Gasteiger partial charge < -0.3 is 28.7 Å². The van der Waals surface area contributed by atoms with Crippen LogP contribution in [0, 0.1) is 0 Å². The van der Waals surface area contributed by atoms with Crippen LogP contribution < -0.4 is 0 Å². The third-order valence-electron chi connectivity index (χ3n) is 5.20. The number of esters is 4. The van der Waals surface area contributed by atoms with Crippen molar-refractivity contribution in [3.05, 3.63) is 22.5 Å². The van der Waals surface area contributed by atoms with Crippen molar-refractivity contribution < 1.29 is 38.1 Å². The Kier molecular flexibility index (Phi) is 6.79. The topological polar surface area (TPSA) is 112 Å². The summed E-state index contributed by atoms with van der Waals surface area (Å²) in [5.74, 6) is -3.00. The molecule has 0 spiro atoms. The molecule has 2 rings (SSSR count). The van der Waals surface area contributed by atoms with E-state index >= 15 is 0 Å². The molecule has 0 aromatic heterocycles. The summed E-state index contributed by atoms with van der Waals surface area (Å²) in [5.41, 5.74) is 0.00440. The molecule has 2 aliphatic rings. The van der Waals surface area contributed by atoms with Gasteiger partial charge >= 0.3 is 23.9 Å². The Morgan fingerprint density at radius 3 is 1.07 bits per heavy atom. The number of rotatable bonds is 6. The first-order valence-corrected chi connectivity index (χ1v) is 9.47. The zero-order chi connectivity index (χ0) is 22.9. The van der Waals surface area contributed by atoms with Gasteiger partial charge in [0.15, 0.2) is 0 Å². The molecule has 0 saturated heterocycles. The molecule has 166 valence electrons. The molecule has 0 aromatic rings. The SMILES string of the molecule is COC(=O)C1=C(C(=O)OC)N(C(C)C)[C@H]2C(C(=O)OC)=C(C(=O)OC)N(C(C)C)[C@@H]12. The first-order chi connectivity index (χ1) is 14.1. The van der Waals surface area contributed by atoms with Gasteiger partial charge in [-0.3, -0.25) is 0 Å². The van der Waals surface area contributed by atoms with E-state index in [0.717, 1.165) is 0 Å². The first-order valence-electron chi connectivity index (χ1n) is 9.47. The highest BCUT2D eigenvalue weighted by molar-refractivity contribution is 6.07. The molecular formula is C20H28N2O8. The fourth-order valence-electron chi connectivity index (χ4n) is 4.17. The van der Waals surface area contributed by atoms with Crippen LogP contribution in [0.2, 0.25) is 0 Å². The lowest BCUT2D eigenvalue weighted by atomic mass is 9.98. The summed E-state index contributed by atoms with van der Waals surface area (Å²) in [4.78, 5) is 54.3. The molecule has 2 heterocycles. The van der Waals surface area contributed by atoms with Gasteiger partial charge in [0.1, 0.15) is 11.4 Å². The van der Waals surface area contributed by atoms with Crippen LogP contribution in [0.3, 0.4) is 0 Å². The number of carbonyl (C=O) groups is 4. The summed E-state index contributed by atoms with van der Waals surface area (Å²) in [5, 5.41) is 0. The van der Waals surface area contributed by atoms with Crippen LogP contribution in [0.4, 0.5) is 0 Å². The molecule has 10 heteroatoms. The molecule has 0 unspecified atom stereocenters. The van der Waals surface area contributed by atoms with Gasteiger partial charge in [-0.1, -0.05) is 0 Å². The van der Waals surface area contributed by atoms with Crippen LogP contribution in [0.25, 0.3) is 0 Å². The Bertz CT molecular complexity index is 759. The highest BCUT2D eigenvalue weighted by Gasteiger charge is 2.60. The van der Waals surface area contributed by atoms with Gasteiger partial charge in [0.25, 0.3) is 0 Å². The normalized spacial score (nSPS) is 20.7. The van der Waals surface area contributed by atoms with E-state index in [1.165, 1.54) is 28.4 Å². The molecule has 0 fully saturated rings. The number of methoxy groups -OCH3 is 4. The van der Waals surface area contributed by atoms with Crippen LogP contribution >= 0.6 is 0 Å². The van der Waals surface area contributed by atoms with E-state index in [1.807, 2.05) is 0 Å². The zero-order valence-electron chi connectivity index (χ0n) is 18.5. The number of fused-ring (bicyclic) bond motifs is 1. The van der Waals surface area contributed by atoms with Crippen LogP contribution in [0.1, 0.15) is 27.7 Å². The summed E-state index contributed by atoms with van der Waals surface area (Å²) in [6.07, 6.45) is 0. The Hall–Kier alpha value is -3.04. The molecule has 0 saturated carbocycles. The Labute approximate surface area is 175 Å². The molecule has 0 bridgehead atoms. The molecule has 0 aliphatic carbocycles. The number of hydrogen-bond acceptors (Lipinski definition) is 10. The van der Waals surface area contributed by atoms with E-state index in [4.69, 9.17) is 18.9 Å². The summed E-state index contributed by atoms with van der Waals surface area (Å²) in [6, 6.07) is -2.37. The maximum absolute atomic E-state index is 12.8. The van der Waals surface area contributed by atoms with Crippen LogP contribution in [-0.2, 0) is 38.1 Å². The van der Waals surface area contributed by atoms with Gasteiger partial charge in [-0.2, -0.15) is 0 Å². The number of ether oxygens (including phenoxy) is 4. The van der Waals surface area contributed by atoms with Crippen LogP contribution in [0.15, 0.2) is 22.5 Å². The van der Waals surface area contributed by atoms with Crippen molar-refractivity contribution in [2.24, 2.45) is 0 Å². The number of nitrogens with zero attached hydrogens (tertiary/aromatic N) is 2. The zero-order valence-corrected chi connectivity index (χ0v) is 18.5. The third kappa shape index (κ3) is 3.40. The van der Waals surface area contributed by atoms with Gasteiger partial charge in [-0.25, -0.2) is 19.2 Å². The Morgan fingerprint density at radius 2 is 0.867 bits per heavy atom. The van der Waals surface area contributed by atoms with E-state index in [1.54, 1.807) is 37.5 Å². The van der Waals surface area contributed by atoms with Gasteiger partial charge in [0, 0.05) is 12.1 Å². The molecule has 30 heavy (non-hydrogen) atoms. The third-order valence-corrected chi connectivity index (χ3v) is 5.20. The van der Waals surface area contributed by atoms with Crippen LogP contribution in [0.5, 0.6) is 0 Å². The maximum atomic E-state index is 12.8. The fourth-order valence-corrected chi connectivity index (χ4v) is 4.17. The summed E-state index contributed by atoms with van der Waals surface area (Å²) in [6.45, 7) is 7.19. The monoisotopic (exact) mass is 424 g/mol. The quantitative estimate of drug-likeness (QED) is 0.438. The van der Waals surface area contributed by atoms with Crippen molar-refractivity contribution in [2.45, 2.75) is 51.9 Å². The van der Waals surface area contributed by atoms with E-state index in [9.17, 15) is 19.2 Å². The standard InChI is InChI=1S/C20H28N2O8/c1-9(2)21-13-11(17(23)27-5)16(20(26)30-8)22(10(3)4)14(13)12(18(24)28-6)15(21)19(25)29-7/h9-10,13-14H,1-8H3/t13-,14-/m0/s1. The Morgan fingerprint density at radius 1 is 0.600 bits per heavy atom. The highest BCUT2D eigenvalue weighted by Crippen LogP contribution is 2.47. The minimum Gasteiger partial charge on any atom is -0.466 e. The molecule has 0 aromatic carbocycles. The first kappa shape index (κ1) is 23.2. The molecule has 0 radical (unpaired) electrons. The average Bonchev–Trinajstić information content (AvgIpc) is 3.23. The lowest BCUT2D eigenvalue weighted by Crippen LogP contribution is -2.48. The number of hydrogen-bond donors (Lipinski definition) is 0. The second-order valence-corrected chi connectivity index (χ2v) is 7.38. The molecule has 0 N–H and O–H groups in total. The summed E-state index contributed by atoms with van der Waals surface area (Å²) >= 11 is 0. The van der Waals surface area contributed by atoms with Crippen molar-refractivity contribution in [1.29, 1.82) is 0 Å². The van der Waals surface area contributed by atoms with Crippen molar-refractivity contribution in [3.8, 4) is 0 Å². The van der Waals surface area contributed by atoms with E-state index in [2.05, 4.69) is 0 Å². The molecular weight excluding hydrogens is 396 g/mol. The Balaban J connectivity index is 2.93. The minimum atomic E-state index is -0.850. The lowest BCUT2D eigenvalue weighted by molar-refractivity contribution is -0.141. The predicted molar refractivity (Wildman–Crippen MR) is 104 cm³/mol. The molecule has 2 atom stereocenters. The van der Waals surface area contributed by atoms with Gasteiger partial charge in [-0.15, -0.1) is 0 Å². The van der Waals surface area contributed by atoms with Crippen molar-refractivity contribution in [3.63, 3.8) is 0 Å². The second-order valence-electron chi connectivity index (χ2n) is 7.38. The van der Waals surface area contributed by atoms with E-state index in [0.29, 0.717) is 0 Å². The fraction of sp³-hybridized carbons (Fsp3) is 0.600. The number of carbonyl (C=O) groups excluding carboxylic acids is 4. The predicted octanol–water partition coefficient (Wildman–Crippen LogP) is 0.372. The minimum absolute atomic E-state index is 0.00896. The van der Waals surface area contributed by atoms with Crippen LogP contribution in [-0.4, -0.2) is 86.3 Å². The van der Waals surface area contributed by atoms with Gasteiger partial charge in [-0.05, 0) is 27.7 Å². The van der Waals surface area contributed by atoms with E-state index in [-0.39, 0.29) is 34.6 Å². The molecule has 0 amide bonds. The van der Waals surface area contributed by atoms with Gasteiger partial charge in [0.2, 0.25) is 0 Å². The maximum Gasteiger partial charge on any atom is 0.355 e. The lowest BCUT2D eigenvalue weighted by Gasteiger charge is -2.35. The van der Waals surface area contributed by atoms with Crippen molar-refractivity contribution in [2.75, 3.05) is 28.4 Å². The van der Waals surface area contributed by atoms with Crippen molar-refractivity contribution >= 4 is 23.9 Å². The van der Waals surface area contributed by atoms with E-state index < -0.39 is 36.0 Å². The molecule has 2 aliphatic heterocycles. The summed E-state index contributed by atoms with van der Waals surface area (Å²) < 4.78 is 19.8. The highest BCUT2D eigenvalue weighted by atomic mass is 16.5. The average molecular weight is 424 g/mol. The molecule has 10 nitrogen and oxygen atoms in total. The second kappa shape index (κ2) is 8.76.